The molecule has 4 atom stereocenters. The van der Waals surface area contributed by atoms with E-state index in [1.807, 2.05) is 19.9 Å². The molecule has 2 bridgehead atoms. The van der Waals surface area contributed by atoms with E-state index >= 15 is 0 Å². The molecule has 2 aliphatic carbocycles. The first-order chi connectivity index (χ1) is 15.3. The van der Waals surface area contributed by atoms with Crippen molar-refractivity contribution in [1.29, 1.82) is 0 Å². The van der Waals surface area contributed by atoms with Gasteiger partial charge in [0.2, 0.25) is 11.8 Å². The topological polar surface area (TPSA) is 80.8 Å². The van der Waals surface area contributed by atoms with Crippen molar-refractivity contribution in [2.45, 2.75) is 33.1 Å². The second kappa shape index (κ2) is 7.69. The lowest BCUT2D eigenvalue weighted by Gasteiger charge is -2.19. The fraction of sp³-hybridized carbons (Fsp3) is 0.385. The molecule has 1 heterocycles. The number of imide groups is 1. The van der Waals surface area contributed by atoms with Gasteiger partial charge in [0.05, 0.1) is 23.1 Å². The lowest BCUT2D eigenvalue weighted by Crippen LogP contribution is -2.32. The quantitative estimate of drug-likeness (QED) is 0.408. The Bertz CT molecular complexity index is 1120. The number of rotatable bonds is 5. The van der Waals surface area contributed by atoms with E-state index in [1.165, 1.54) is 11.0 Å². The van der Waals surface area contributed by atoms with Crippen molar-refractivity contribution in [3.63, 3.8) is 0 Å². The van der Waals surface area contributed by atoms with Crippen LogP contribution in [0.5, 0.6) is 0 Å². The largest absolute Gasteiger partial charge is 0.454 e. The first kappa shape index (κ1) is 20.6. The zero-order valence-corrected chi connectivity index (χ0v) is 18.2. The zero-order valence-electron chi connectivity index (χ0n) is 18.2. The van der Waals surface area contributed by atoms with Gasteiger partial charge in [0.15, 0.2) is 12.4 Å². The molecular formula is C26H25NO5. The van der Waals surface area contributed by atoms with Crippen molar-refractivity contribution >= 4 is 29.3 Å². The van der Waals surface area contributed by atoms with Gasteiger partial charge in [-0.1, -0.05) is 18.2 Å². The van der Waals surface area contributed by atoms with E-state index in [2.05, 4.69) is 0 Å². The van der Waals surface area contributed by atoms with Gasteiger partial charge in [-0.3, -0.25) is 19.3 Å². The average molecular weight is 431 g/mol. The zero-order chi connectivity index (χ0) is 22.6. The summed E-state index contributed by atoms with van der Waals surface area (Å²) in [6.07, 6.45) is 3.00. The second-order valence-electron chi connectivity index (χ2n) is 9.25. The minimum atomic E-state index is -0.664. The summed E-state index contributed by atoms with van der Waals surface area (Å²) < 4.78 is 5.23. The standard InChI is InChI=1S/C26H25NO5/c1-14-6-7-16(10-15(14)2)21(28)13-32-26(31)19-4-3-5-20(12-19)27-24(29)22-17-8-9-18(11-17)23(22)25(27)30/h3-7,10,12,17-18,22-23H,8-9,11,13H2,1-2H3/t17-,18+,22-,23+. The van der Waals surface area contributed by atoms with E-state index in [9.17, 15) is 19.2 Å². The number of anilines is 1. The number of carbonyl (C=O) groups excluding carboxylic acids is 4. The first-order valence-electron chi connectivity index (χ1n) is 11.1. The molecule has 2 saturated carbocycles. The Morgan fingerprint density at radius 3 is 2.25 bits per heavy atom. The molecule has 2 amide bonds. The number of hydrogen-bond acceptors (Lipinski definition) is 5. The third kappa shape index (κ3) is 3.25. The summed E-state index contributed by atoms with van der Waals surface area (Å²) in [6.45, 7) is 3.51. The SMILES string of the molecule is Cc1ccc(C(=O)COC(=O)c2cccc(N3C(=O)[C@@H]4[C@@H]5CC[C@@H](C5)[C@@H]4C3=O)c2)cc1C. The fourth-order valence-electron chi connectivity index (χ4n) is 5.65. The Hall–Kier alpha value is -3.28. The van der Waals surface area contributed by atoms with Crippen molar-refractivity contribution in [1.82, 2.24) is 0 Å². The molecule has 3 aliphatic rings. The van der Waals surface area contributed by atoms with Crippen LogP contribution in [0.3, 0.4) is 0 Å². The van der Waals surface area contributed by atoms with Gasteiger partial charge in [0.25, 0.3) is 0 Å². The van der Waals surface area contributed by atoms with Gasteiger partial charge in [-0.15, -0.1) is 0 Å². The van der Waals surface area contributed by atoms with Gasteiger partial charge < -0.3 is 4.74 Å². The van der Waals surface area contributed by atoms with Crippen LogP contribution in [0.25, 0.3) is 0 Å². The highest BCUT2D eigenvalue weighted by molar-refractivity contribution is 6.22. The van der Waals surface area contributed by atoms with Gasteiger partial charge in [-0.25, -0.2) is 4.79 Å². The summed E-state index contributed by atoms with van der Waals surface area (Å²) in [4.78, 5) is 52.3. The highest BCUT2D eigenvalue weighted by atomic mass is 16.5. The van der Waals surface area contributed by atoms with Gasteiger partial charge in [0, 0.05) is 5.56 Å². The number of nitrogens with zero attached hydrogens (tertiary/aromatic N) is 1. The number of hydrogen-bond donors (Lipinski definition) is 0. The van der Waals surface area contributed by atoms with E-state index in [4.69, 9.17) is 4.74 Å². The van der Waals surface area contributed by atoms with E-state index in [0.29, 0.717) is 23.1 Å². The van der Waals surface area contributed by atoms with Crippen molar-refractivity contribution in [3.8, 4) is 0 Å². The number of esters is 1. The third-order valence-electron chi connectivity index (χ3n) is 7.43. The van der Waals surface area contributed by atoms with E-state index < -0.39 is 5.97 Å². The Morgan fingerprint density at radius 1 is 0.906 bits per heavy atom. The molecular weight excluding hydrogens is 406 g/mol. The normalized spacial score (nSPS) is 25.9. The molecule has 6 nitrogen and oxygen atoms in total. The predicted octanol–water partition coefficient (Wildman–Crippen LogP) is 3.88. The maximum atomic E-state index is 13.0. The number of Topliss-reactive ketones (excluding diaryl/α,β-unsaturated/α-hetero) is 1. The average Bonchev–Trinajstić information content (AvgIpc) is 3.47. The lowest BCUT2D eigenvalue weighted by molar-refractivity contribution is -0.123. The molecule has 6 heteroatoms. The molecule has 1 saturated heterocycles. The van der Waals surface area contributed by atoms with Crippen LogP contribution in [0, 0.1) is 37.5 Å². The number of amides is 2. The number of ketones is 1. The van der Waals surface area contributed by atoms with Crippen LogP contribution >= 0.6 is 0 Å². The van der Waals surface area contributed by atoms with Gasteiger partial charge >= 0.3 is 5.97 Å². The van der Waals surface area contributed by atoms with Crippen LogP contribution in [-0.2, 0) is 14.3 Å². The predicted molar refractivity (Wildman–Crippen MR) is 117 cm³/mol. The summed E-state index contributed by atoms with van der Waals surface area (Å²) in [5.41, 5.74) is 3.16. The van der Waals surface area contributed by atoms with Crippen LogP contribution in [-0.4, -0.2) is 30.2 Å². The lowest BCUT2D eigenvalue weighted by atomic mass is 9.81. The van der Waals surface area contributed by atoms with Crippen LogP contribution in [0.2, 0.25) is 0 Å². The Balaban J connectivity index is 1.29. The summed E-state index contributed by atoms with van der Waals surface area (Å²) in [5.74, 6) is -1.08. The fourth-order valence-corrected chi connectivity index (χ4v) is 5.65. The molecule has 2 aromatic rings. The van der Waals surface area contributed by atoms with Crippen LogP contribution in [0.1, 0.15) is 51.1 Å². The molecule has 3 fully saturated rings. The maximum Gasteiger partial charge on any atom is 0.338 e. The van der Waals surface area contributed by atoms with Crippen molar-refractivity contribution in [2.24, 2.45) is 23.7 Å². The number of fused-ring (bicyclic) bond motifs is 5. The van der Waals surface area contributed by atoms with Gasteiger partial charge in [0.1, 0.15) is 0 Å². The molecule has 5 rings (SSSR count). The molecule has 32 heavy (non-hydrogen) atoms. The summed E-state index contributed by atoms with van der Waals surface area (Å²) >= 11 is 0. The molecule has 0 radical (unpaired) electrons. The number of carbonyl (C=O) groups is 4. The van der Waals surface area contributed by atoms with Crippen molar-refractivity contribution < 1.29 is 23.9 Å². The van der Waals surface area contributed by atoms with Crippen LogP contribution < -0.4 is 4.90 Å². The van der Waals surface area contributed by atoms with Gasteiger partial charge in [-0.05, 0) is 80.3 Å². The molecule has 0 N–H and O–H groups in total. The Morgan fingerprint density at radius 2 is 1.59 bits per heavy atom. The van der Waals surface area contributed by atoms with Crippen LogP contribution in [0.4, 0.5) is 5.69 Å². The van der Waals surface area contributed by atoms with E-state index in [-0.39, 0.29) is 41.6 Å². The highest BCUT2D eigenvalue weighted by Crippen LogP contribution is 2.56. The molecule has 2 aromatic carbocycles. The van der Waals surface area contributed by atoms with E-state index in [1.54, 1.807) is 30.3 Å². The van der Waals surface area contributed by atoms with Gasteiger partial charge in [-0.2, -0.15) is 0 Å². The molecule has 0 unspecified atom stereocenters. The smallest absolute Gasteiger partial charge is 0.338 e. The molecule has 0 aromatic heterocycles. The summed E-state index contributed by atoms with van der Waals surface area (Å²) in [5, 5.41) is 0. The first-order valence-corrected chi connectivity index (χ1v) is 11.1. The summed E-state index contributed by atoms with van der Waals surface area (Å²) in [6, 6.07) is 11.7. The summed E-state index contributed by atoms with van der Waals surface area (Å²) in [7, 11) is 0. The maximum absolute atomic E-state index is 13.0. The molecule has 164 valence electrons. The second-order valence-corrected chi connectivity index (χ2v) is 9.25. The molecule has 1 aliphatic heterocycles. The van der Waals surface area contributed by atoms with E-state index in [0.717, 1.165) is 30.4 Å². The number of ether oxygens (including phenoxy) is 1. The minimum Gasteiger partial charge on any atom is -0.454 e. The van der Waals surface area contributed by atoms with Crippen molar-refractivity contribution in [2.75, 3.05) is 11.5 Å². The Kier molecular flexibility index (Phi) is 4.96. The number of benzene rings is 2. The number of aryl methyl sites for hydroxylation is 2. The minimum absolute atomic E-state index is 0.150. The van der Waals surface area contributed by atoms with Crippen molar-refractivity contribution in [3.05, 3.63) is 64.7 Å². The Labute approximate surface area is 186 Å². The molecule has 0 spiro atoms. The third-order valence-corrected chi connectivity index (χ3v) is 7.43. The monoisotopic (exact) mass is 431 g/mol. The van der Waals surface area contributed by atoms with Crippen LogP contribution in [0.15, 0.2) is 42.5 Å². The highest BCUT2D eigenvalue weighted by Gasteiger charge is 2.61.